The van der Waals surface area contributed by atoms with Gasteiger partial charge in [-0.25, -0.2) is 4.79 Å². The van der Waals surface area contributed by atoms with E-state index in [0.717, 1.165) is 11.8 Å². The number of hydrogen-bond acceptors (Lipinski definition) is 6. The Hall–Kier alpha value is -0.560. The van der Waals surface area contributed by atoms with E-state index < -0.39 is 30.0 Å². The lowest BCUT2D eigenvalue weighted by Crippen LogP contribution is -2.41. The number of carbonyl (C=O) groups excluding carboxylic acids is 1. The van der Waals surface area contributed by atoms with Gasteiger partial charge in [-0.15, -0.1) is 0 Å². The third-order valence-corrected chi connectivity index (χ3v) is 3.56. The number of ether oxygens (including phenoxy) is 2. The Morgan fingerprint density at radius 2 is 1.95 bits per heavy atom. The summed E-state index contributed by atoms with van der Waals surface area (Å²) in [4.78, 5) is 11.6. The minimum Gasteiger partial charge on any atom is -0.450 e. The van der Waals surface area contributed by atoms with E-state index >= 15 is 0 Å². The van der Waals surface area contributed by atoms with Crippen LogP contribution in [-0.4, -0.2) is 51.3 Å². The number of carbonyl (C=O) groups is 1. The minimum absolute atomic E-state index is 0.210. The average Bonchev–Trinajstić information content (AvgIpc) is 2.32. The summed E-state index contributed by atoms with van der Waals surface area (Å²) in [6, 6.07) is 0. The van der Waals surface area contributed by atoms with Crippen molar-refractivity contribution in [1.29, 1.82) is 0 Å². The smallest absolute Gasteiger partial charge is 0.367 e. The zero-order chi connectivity index (χ0) is 16.0. The topological polar surface area (TPSA) is 76.0 Å². The summed E-state index contributed by atoms with van der Waals surface area (Å²) in [5.74, 6) is 0.641. The summed E-state index contributed by atoms with van der Waals surface area (Å²) in [7, 11) is 0. The molecule has 6 heteroatoms. The molecule has 0 spiro atoms. The van der Waals surface area contributed by atoms with Crippen LogP contribution in [0.1, 0.15) is 40.5 Å². The van der Waals surface area contributed by atoms with Crippen molar-refractivity contribution in [1.82, 2.24) is 0 Å². The van der Waals surface area contributed by atoms with E-state index in [4.69, 9.17) is 9.47 Å². The lowest BCUT2D eigenvalue weighted by atomic mass is 9.96. The summed E-state index contributed by atoms with van der Waals surface area (Å²) < 4.78 is 11.2. The fraction of sp³-hybridized carbons (Fsp3) is 0.800. The molecule has 0 aromatic heterocycles. The molecule has 0 heterocycles. The molecule has 1 rings (SSSR count). The molecule has 122 valence electrons. The van der Waals surface area contributed by atoms with Gasteiger partial charge in [0.1, 0.15) is 6.10 Å². The van der Waals surface area contributed by atoms with E-state index in [-0.39, 0.29) is 11.7 Å². The van der Waals surface area contributed by atoms with Crippen LogP contribution in [0.15, 0.2) is 12.2 Å². The second-order valence-electron chi connectivity index (χ2n) is 6.10. The van der Waals surface area contributed by atoms with Crippen molar-refractivity contribution in [2.24, 2.45) is 0 Å². The summed E-state index contributed by atoms with van der Waals surface area (Å²) in [5, 5.41) is 19.7. The monoisotopic (exact) mass is 318 g/mol. The van der Waals surface area contributed by atoms with Crippen LogP contribution in [0.25, 0.3) is 0 Å². The lowest BCUT2D eigenvalue weighted by Gasteiger charge is -2.34. The molecule has 2 N–H and O–H groups in total. The third kappa shape index (κ3) is 7.31. The maximum Gasteiger partial charge on any atom is 0.367 e. The van der Waals surface area contributed by atoms with Gasteiger partial charge in [-0.1, -0.05) is 13.0 Å². The highest BCUT2D eigenvalue weighted by Crippen LogP contribution is 2.24. The van der Waals surface area contributed by atoms with Crippen LogP contribution >= 0.6 is 11.8 Å². The van der Waals surface area contributed by atoms with Crippen molar-refractivity contribution in [3.8, 4) is 0 Å². The highest BCUT2D eigenvalue weighted by Gasteiger charge is 2.31. The van der Waals surface area contributed by atoms with Crippen molar-refractivity contribution in [3.05, 3.63) is 12.2 Å². The molecule has 4 unspecified atom stereocenters. The van der Waals surface area contributed by atoms with Gasteiger partial charge in [-0.2, -0.15) is 0 Å². The van der Waals surface area contributed by atoms with E-state index in [1.54, 1.807) is 12.2 Å². The Morgan fingerprint density at radius 3 is 2.52 bits per heavy atom. The Balaban J connectivity index is 2.79. The number of rotatable bonds is 3. The lowest BCUT2D eigenvalue weighted by molar-refractivity contribution is -0.128. The number of aliphatic hydroxyl groups is 2. The number of thioether (sulfide) groups is 1. The summed E-state index contributed by atoms with van der Waals surface area (Å²) in [5.41, 5.74) is -0.424. The van der Waals surface area contributed by atoms with Crippen LogP contribution < -0.4 is 0 Å². The van der Waals surface area contributed by atoms with E-state index in [9.17, 15) is 15.0 Å². The zero-order valence-electron chi connectivity index (χ0n) is 13.1. The predicted molar refractivity (Wildman–Crippen MR) is 83.4 cm³/mol. The van der Waals surface area contributed by atoms with Gasteiger partial charge in [0, 0.05) is 18.6 Å². The molecule has 21 heavy (non-hydrogen) atoms. The fourth-order valence-corrected chi connectivity index (χ4v) is 2.57. The van der Waals surface area contributed by atoms with Crippen molar-refractivity contribution in [2.75, 3.05) is 5.75 Å². The number of hydrogen-bond donors (Lipinski definition) is 2. The van der Waals surface area contributed by atoms with Crippen molar-refractivity contribution in [2.45, 2.75) is 70.6 Å². The van der Waals surface area contributed by atoms with E-state index in [1.807, 2.05) is 27.7 Å². The standard InChI is InChI=1S/C15H26O5S/c1-5-21-14(18)19-11-7-6-10(16)8-12(17)13(9-11)20-15(2,3)4/h6-7,10-13,16-17H,5,8-9H2,1-4H3/b7-6+. The van der Waals surface area contributed by atoms with Crippen LogP contribution in [0.2, 0.25) is 0 Å². The summed E-state index contributed by atoms with van der Waals surface area (Å²) >= 11 is 1.09. The first kappa shape index (κ1) is 18.5. The molecule has 0 bridgehead atoms. The average molecular weight is 318 g/mol. The van der Waals surface area contributed by atoms with Crippen LogP contribution in [0, 0.1) is 0 Å². The zero-order valence-corrected chi connectivity index (χ0v) is 13.9. The first-order valence-corrected chi connectivity index (χ1v) is 8.25. The maximum absolute atomic E-state index is 11.6. The Labute approximate surface area is 130 Å². The van der Waals surface area contributed by atoms with Crippen molar-refractivity contribution >= 4 is 17.1 Å². The molecule has 0 aliphatic heterocycles. The maximum atomic E-state index is 11.6. The first-order valence-electron chi connectivity index (χ1n) is 7.27. The Kier molecular flexibility index (Phi) is 7.20. The van der Waals surface area contributed by atoms with Gasteiger partial charge in [0.05, 0.1) is 23.9 Å². The molecule has 0 saturated carbocycles. The molecular formula is C15H26O5S. The summed E-state index contributed by atoms with van der Waals surface area (Å²) in [6.45, 7) is 7.58. The molecule has 1 aliphatic carbocycles. The van der Waals surface area contributed by atoms with Gasteiger partial charge >= 0.3 is 5.30 Å². The SMILES string of the molecule is CCSC(=O)OC1/C=C/C(O)CC(O)C(OC(C)(C)C)C1. The van der Waals surface area contributed by atoms with Crippen LogP contribution in [-0.2, 0) is 9.47 Å². The second kappa shape index (κ2) is 8.17. The quantitative estimate of drug-likeness (QED) is 0.615. The van der Waals surface area contributed by atoms with Gasteiger partial charge < -0.3 is 19.7 Å². The van der Waals surface area contributed by atoms with Gasteiger partial charge in [-0.05, 0) is 38.6 Å². The molecule has 1 aliphatic rings. The van der Waals surface area contributed by atoms with E-state index in [0.29, 0.717) is 12.2 Å². The predicted octanol–water partition coefficient (Wildman–Crippen LogP) is 2.50. The number of aliphatic hydroxyl groups excluding tert-OH is 2. The highest BCUT2D eigenvalue weighted by atomic mass is 32.2. The van der Waals surface area contributed by atoms with Crippen molar-refractivity contribution < 1.29 is 24.5 Å². The van der Waals surface area contributed by atoms with E-state index in [2.05, 4.69) is 0 Å². The molecule has 0 aromatic rings. The summed E-state index contributed by atoms with van der Waals surface area (Å²) in [6.07, 6.45) is 1.24. The second-order valence-corrected chi connectivity index (χ2v) is 7.30. The van der Waals surface area contributed by atoms with Gasteiger partial charge in [0.25, 0.3) is 0 Å². The van der Waals surface area contributed by atoms with Crippen LogP contribution in [0.3, 0.4) is 0 Å². The molecule has 0 fully saturated rings. The molecule has 0 amide bonds. The third-order valence-electron chi connectivity index (χ3n) is 2.94. The Bertz CT molecular complexity index is 364. The Morgan fingerprint density at radius 1 is 1.29 bits per heavy atom. The molecular weight excluding hydrogens is 292 g/mol. The first-order chi connectivity index (χ1) is 9.71. The molecule has 0 saturated heterocycles. The highest BCUT2D eigenvalue weighted by molar-refractivity contribution is 8.13. The minimum atomic E-state index is -0.802. The molecule has 4 atom stereocenters. The van der Waals surface area contributed by atoms with Crippen molar-refractivity contribution in [3.63, 3.8) is 0 Å². The fourth-order valence-electron chi connectivity index (χ4n) is 2.14. The van der Waals surface area contributed by atoms with Crippen LogP contribution in [0.4, 0.5) is 4.79 Å². The largest absolute Gasteiger partial charge is 0.450 e. The van der Waals surface area contributed by atoms with Gasteiger partial charge in [0.2, 0.25) is 0 Å². The van der Waals surface area contributed by atoms with Crippen LogP contribution in [0.5, 0.6) is 0 Å². The van der Waals surface area contributed by atoms with E-state index in [1.165, 1.54) is 0 Å². The molecule has 0 aromatic carbocycles. The molecule has 5 nitrogen and oxygen atoms in total. The normalized spacial score (nSPS) is 32.1. The van der Waals surface area contributed by atoms with Gasteiger partial charge in [-0.3, -0.25) is 0 Å². The van der Waals surface area contributed by atoms with Gasteiger partial charge in [0.15, 0.2) is 0 Å². The molecule has 0 radical (unpaired) electrons.